The van der Waals surface area contributed by atoms with Crippen molar-refractivity contribution in [1.29, 1.82) is 5.26 Å². The molecule has 1 N–H and O–H groups in total. The van der Waals surface area contributed by atoms with Crippen molar-refractivity contribution in [3.8, 4) is 17.6 Å². The normalized spacial score (nSPS) is 13.0. The Labute approximate surface area is 143 Å². The zero-order valence-electron chi connectivity index (χ0n) is 12.2. The fourth-order valence-electron chi connectivity index (χ4n) is 2.04. The van der Waals surface area contributed by atoms with Crippen LogP contribution in [0.25, 0.3) is 0 Å². The molecule has 6 heteroatoms. The lowest BCUT2D eigenvalue weighted by Crippen LogP contribution is -2.29. The third-order valence-corrected chi connectivity index (χ3v) is 3.80. The lowest BCUT2D eigenvalue weighted by Gasteiger charge is -2.17. The number of aromatic hydroxyl groups is 1. The molecule has 2 rings (SSSR count). The van der Waals surface area contributed by atoms with Crippen LogP contribution in [0, 0.1) is 11.3 Å². The number of phenolic OH excluding ortho intramolecular Hbond substituents is 1. The molecule has 4 nitrogen and oxygen atoms in total. The molecule has 0 spiro atoms. The number of Topliss-reactive ketones (excluding diaryl/α,β-unsaturated/α-hetero) is 1. The molecule has 1 unspecified atom stereocenters. The summed E-state index contributed by atoms with van der Waals surface area (Å²) in [5.74, 6) is -0.946. The summed E-state index contributed by atoms with van der Waals surface area (Å²) in [5, 5.41) is 19.3. The van der Waals surface area contributed by atoms with Gasteiger partial charge in [0.05, 0.1) is 6.07 Å². The predicted octanol–water partition coefficient (Wildman–Crippen LogP) is 4.34. The molecule has 2 aromatic carbocycles. The van der Waals surface area contributed by atoms with Gasteiger partial charge in [0.25, 0.3) is 0 Å². The molecule has 0 aliphatic rings. The molecule has 0 aliphatic carbocycles. The fraction of sp³-hybridized carbons (Fsp3) is 0.176. The molecule has 0 amide bonds. The minimum atomic E-state index is -1.05. The molecular formula is C17H13Cl2NO3. The van der Waals surface area contributed by atoms with Crippen LogP contribution in [0.5, 0.6) is 11.5 Å². The number of phenols is 1. The fourth-order valence-corrected chi connectivity index (χ4v) is 2.56. The van der Waals surface area contributed by atoms with Crippen LogP contribution in [-0.4, -0.2) is 17.0 Å². The highest BCUT2D eigenvalue weighted by Gasteiger charge is 2.28. The summed E-state index contributed by atoms with van der Waals surface area (Å²) in [5.41, 5.74) is 0.393. The second-order valence-corrected chi connectivity index (χ2v) is 5.73. The van der Waals surface area contributed by atoms with Gasteiger partial charge in [-0.05, 0) is 48.9 Å². The van der Waals surface area contributed by atoms with Gasteiger partial charge in [-0.15, -0.1) is 0 Å². The minimum Gasteiger partial charge on any atom is -0.508 e. The van der Waals surface area contributed by atoms with Gasteiger partial charge in [-0.25, -0.2) is 0 Å². The molecule has 0 fully saturated rings. The van der Waals surface area contributed by atoms with Crippen molar-refractivity contribution in [2.75, 3.05) is 0 Å². The topological polar surface area (TPSA) is 70.3 Å². The first kappa shape index (κ1) is 17.1. The molecule has 118 valence electrons. The number of ether oxygens (including phenoxy) is 1. The van der Waals surface area contributed by atoms with Crippen molar-refractivity contribution in [2.24, 2.45) is 0 Å². The highest BCUT2D eigenvalue weighted by molar-refractivity contribution is 6.35. The van der Waals surface area contributed by atoms with E-state index in [4.69, 9.17) is 27.9 Å². The maximum Gasteiger partial charge on any atom is 0.194 e. The van der Waals surface area contributed by atoms with Crippen LogP contribution < -0.4 is 4.74 Å². The maximum absolute atomic E-state index is 12.5. The highest BCUT2D eigenvalue weighted by atomic mass is 35.5. The van der Waals surface area contributed by atoms with Crippen LogP contribution in [0.4, 0.5) is 0 Å². The summed E-state index contributed by atoms with van der Waals surface area (Å²) >= 11 is 11.9. The third-order valence-electron chi connectivity index (χ3n) is 3.24. The number of carbonyl (C=O) groups excluding carboxylic acids is 1. The first-order chi connectivity index (χ1) is 10.9. The van der Waals surface area contributed by atoms with Gasteiger partial charge >= 0.3 is 0 Å². The van der Waals surface area contributed by atoms with E-state index in [0.29, 0.717) is 16.3 Å². The summed E-state index contributed by atoms with van der Waals surface area (Å²) in [6.07, 6.45) is -0.851. The van der Waals surface area contributed by atoms with Crippen LogP contribution in [0.1, 0.15) is 18.4 Å². The van der Waals surface area contributed by atoms with E-state index in [-0.39, 0.29) is 10.8 Å². The van der Waals surface area contributed by atoms with Gasteiger partial charge in [0.1, 0.15) is 17.4 Å². The van der Waals surface area contributed by atoms with Crippen molar-refractivity contribution >= 4 is 29.0 Å². The molecule has 2 aromatic rings. The standard InChI is InChI=1S/C17H13Cl2NO3/c1-10(23-13-5-3-12(21)4-6-13)17(22)15(9-20)14-7-2-11(18)8-16(14)19/h2-8,10,15,21H,1H3/t10?,15-/m0/s1. The second kappa shape index (κ2) is 7.36. The quantitative estimate of drug-likeness (QED) is 0.871. The van der Waals surface area contributed by atoms with E-state index >= 15 is 0 Å². The summed E-state index contributed by atoms with van der Waals surface area (Å²) in [7, 11) is 0. The first-order valence-corrected chi connectivity index (χ1v) is 7.52. The number of ketones is 1. The lowest BCUT2D eigenvalue weighted by molar-refractivity contribution is -0.125. The first-order valence-electron chi connectivity index (χ1n) is 6.76. The summed E-state index contributed by atoms with van der Waals surface area (Å²) in [6.45, 7) is 1.56. The summed E-state index contributed by atoms with van der Waals surface area (Å²) in [6, 6.07) is 12.6. The van der Waals surface area contributed by atoms with Gasteiger partial charge < -0.3 is 9.84 Å². The average Bonchev–Trinajstić information content (AvgIpc) is 2.52. The maximum atomic E-state index is 12.5. The Morgan fingerprint density at radius 1 is 1.22 bits per heavy atom. The predicted molar refractivity (Wildman–Crippen MR) is 88.0 cm³/mol. The Hall–Kier alpha value is -2.22. The number of nitrogens with zero attached hydrogens (tertiary/aromatic N) is 1. The number of benzene rings is 2. The van der Waals surface area contributed by atoms with Crippen LogP contribution in [0.3, 0.4) is 0 Å². The number of halogens is 2. The molecule has 0 aliphatic heterocycles. The lowest BCUT2D eigenvalue weighted by atomic mass is 9.93. The van der Waals surface area contributed by atoms with Crippen LogP contribution in [0.15, 0.2) is 42.5 Å². The van der Waals surface area contributed by atoms with E-state index in [1.165, 1.54) is 30.3 Å². The Morgan fingerprint density at radius 3 is 2.43 bits per heavy atom. The number of hydrogen-bond donors (Lipinski definition) is 1. The molecular weight excluding hydrogens is 337 g/mol. The molecule has 2 atom stereocenters. The van der Waals surface area contributed by atoms with E-state index in [2.05, 4.69) is 0 Å². The minimum absolute atomic E-state index is 0.0965. The van der Waals surface area contributed by atoms with E-state index < -0.39 is 17.8 Å². The van der Waals surface area contributed by atoms with Crippen molar-refractivity contribution in [3.05, 3.63) is 58.1 Å². The van der Waals surface area contributed by atoms with Crippen LogP contribution in [0.2, 0.25) is 10.0 Å². The van der Waals surface area contributed by atoms with Crippen molar-refractivity contribution in [3.63, 3.8) is 0 Å². The molecule has 0 heterocycles. The molecule has 0 saturated heterocycles. The zero-order chi connectivity index (χ0) is 17.0. The van der Waals surface area contributed by atoms with Crippen molar-refractivity contribution in [1.82, 2.24) is 0 Å². The molecule has 0 saturated carbocycles. The number of carbonyl (C=O) groups is 1. The SMILES string of the molecule is CC(Oc1ccc(O)cc1)C(=O)[C@@H](C#N)c1ccc(Cl)cc1Cl. The summed E-state index contributed by atoms with van der Waals surface area (Å²) < 4.78 is 5.52. The van der Waals surface area contributed by atoms with Crippen molar-refractivity contribution in [2.45, 2.75) is 18.9 Å². The van der Waals surface area contributed by atoms with E-state index in [1.807, 2.05) is 6.07 Å². The van der Waals surface area contributed by atoms with Gasteiger partial charge in [0.2, 0.25) is 0 Å². The van der Waals surface area contributed by atoms with E-state index in [1.54, 1.807) is 19.1 Å². The van der Waals surface area contributed by atoms with Gasteiger partial charge in [0, 0.05) is 10.0 Å². The Bertz CT molecular complexity index is 753. The molecule has 23 heavy (non-hydrogen) atoms. The Morgan fingerprint density at radius 2 is 1.87 bits per heavy atom. The summed E-state index contributed by atoms with van der Waals surface area (Å²) in [4.78, 5) is 12.5. The Balaban J connectivity index is 2.19. The molecule has 0 bridgehead atoms. The smallest absolute Gasteiger partial charge is 0.194 e. The Kier molecular flexibility index (Phi) is 5.49. The van der Waals surface area contributed by atoms with Gasteiger partial charge in [-0.1, -0.05) is 29.3 Å². The van der Waals surface area contributed by atoms with Crippen LogP contribution >= 0.6 is 23.2 Å². The van der Waals surface area contributed by atoms with Gasteiger partial charge in [0.15, 0.2) is 11.9 Å². The van der Waals surface area contributed by atoms with E-state index in [9.17, 15) is 15.2 Å². The third kappa shape index (κ3) is 4.16. The van der Waals surface area contributed by atoms with Gasteiger partial charge in [-0.3, -0.25) is 4.79 Å². The highest BCUT2D eigenvalue weighted by Crippen LogP contribution is 2.29. The molecule has 0 radical (unpaired) electrons. The number of nitriles is 1. The van der Waals surface area contributed by atoms with Gasteiger partial charge in [-0.2, -0.15) is 5.26 Å². The monoisotopic (exact) mass is 349 g/mol. The second-order valence-electron chi connectivity index (χ2n) is 4.88. The van der Waals surface area contributed by atoms with E-state index in [0.717, 1.165) is 0 Å². The zero-order valence-corrected chi connectivity index (χ0v) is 13.7. The number of rotatable bonds is 5. The van der Waals surface area contributed by atoms with Crippen molar-refractivity contribution < 1.29 is 14.6 Å². The average molecular weight is 350 g/mol. The molecule has 0 aromatic heterocycles. The van der Waals surface area contributed by atoms with Crippen LogP contribution in [-0.2, 0) is 4.79 Å². The largest absolute Gasteiger partial charge is 0.508 e. The number of hydrogen-bond acceptors (Lipinski definition) is 4.